The van der Waals surface area contributed by atoms with E-state index < -0.39 is 0 Å². The molecule has 0 bridgehead atoms. The lowest BCUT2D eigenvalue weighted by molar-refractivity contribution is 0.0984. The van der Waals surface area contributed by atoms with E-state index in [0.29, 0.717) is 6.42 Å². The van der Waals surface area contributed by atoms with Gasteiger partial charge in [0, 0.05) is 25.6 Å². The van der Waals surface area contributed by atoms with E-state index in [2.05, 4.69) is 25.8 Å². The standard InChI is InChI=1S/C13H17NO/c1-9-6-7-11-12(15)5-4-8-14(3)13(11)10(9)2/h6-7H,4-5,8H2,1-3H3. The summed E-state index contributed by atoms with van der Waals surface area (Å²) in [5.41, 5.74) is 4.54. The van der Waals surface area contributed by atoms with Gasteiger partial charge < -0.3 is 4.90 Å². The first-order valence-electron chi connectivity index (χ1n) is 5.46. The number of ketones is 1. The second kappa shape index (κ2) is 3.69. The van der Waals surface area contributed by atoms with Crippen molar-refractivity contribution in [3.8, 4) is 0 Å². The van der Waals surface area contributed by atoms with Crippen molar-refractivity contribution in [2.24, 2.45) is 0 Å². The smallest absolute Gasteiger partial charge is 0.165 e. The average molecular weight is 203 g/mol. The van der Waals surface area contributed by atoms with Crippen molar-refractivity contribution in [2.75, 3.05) is 18.5 Å². The summed E-state index contributed by atoms with van der Waals surface area (Å²) >= 11 is 0. The first-order valence-corrected chi connectivity index (χ1v) is 5.46. The van der Waals surface area contributed by atoms with Gasteiger partial charge in [0.2, 0.25) is 0 Å². The number of Topliss-reactive ketones (excluding diaryl/α,β-unsaturated/α-hetero) is 1. The van der Waals surface area contributed by atoms with Gasteiger partial charge in [-0.3, -0.25) is 4.79 Å². The number of carbonyl (C=O) groups is 1. The van der Waals surface area contributed by atoms with Gasteiger partial charge in [-0.1, -0.05) is 6.07 Å². The molecule has 1 aromatic rings. The fourth-order valence-electron chi connectivity index (χ4n) is 2.24. The zero-order valence-corrected chi connectivity index (χ0v) is 9.63. The van der Waals surface area contributed by atoms with Gasteiger partial charge in [0.05, 0.1) is 5.69 Å². The molecule has 1 aliphatic heterocycles. The highest BCUT2D eigenvalue weighted by Crippen LogP contribution is 2.30. The zero-order valence-electron chi connectivity index (χ0n) is 9.63. The largest absolute Gasteiger partial charge is 0.374 e. The average Bonchev–Trinajstić information content (AvgIpc) is 2.33. The van der Waals surface area contributed by atoms with Crippen LogP contribution in [0.15, 0.2) is 12.1 Å². The molecule has 0 aromatic heterocycles. The first kappa shape index (κ1) is 10.2. The molecular formula is C13H17NO. The third-order valence-corrected chi connectivity index (χ3v) is 3.28. The molecule has 0 radical (unpaired) electrons. The normalized spacial score (nSPS) is 16.2. The van der Waals surface area contributed by atoms with E-state index in [1.54, 1.807) is 0 Å². The molecule has 0 aliphatic carbocycles. The lowest BCUT2D eigenvalue weighted by Gasteiger charge is -2.22. The lowest BCUT2D eigenvalue weighted by Crippen LogP contribution is -2.19. The van der Waals surface area contributed by atoms with Crippen LogP contribution in [-0.2, 0) is 0 Å². The van der Waals surface area contributed by atoms with Gasteiger partial charge in [0.15, 0.2) is 5.78 Å². The Morgan fingerprint density at radius 3 is 2.73 bits per heavy atom. The molecule has 0 N–H and O–H groups in total. The molecule has 0 atom stereocenters. The number of rotatable bonds is 0. The zero-order chi connectivity index (χ0) is 11.0. The van der Waals surface area contributed by atoms with Crippen LogP contribution in [-0.4, -0.2) is 19.4 Å². The molecule has 1 aromatic carbocycles. The highest BCUT2D eigenvalue weighted by Gasteiger charge is 2.20. The number of nitrogens with zero attached hydrogens (tertiary/aromatic N) is 1. The van der Waals surface area contributed by atoms with Crippen LogP contribution >= 0.6 is 0 Å². The third-order valence-electron chi connectivity index (χ3n) is 3.28. The maximum atomic E-state index is 11.9. The van der Waals surface area contributed by atoms with Crippen LogP contribution in [0.4, 0.5) is 5.69 Å². The summed E-state index contributed by atoms with van der Waals surface area (Å²) in [6.45, 7) is 5.17. The first-order chi connectivity index (χ1) is 7.11. The van der Waals surface area contributed by atoms with Gasteiger partial charge in [-0.2, -0.15) is 0 Å². The highest BCUT2D eigenvalue weighted by molar-refractivity contribution is 6.02. The van der Waals surface area contributed by atoms with E-state index in [1.165, 1.54) is 11.1 Å². The van der Waals surface area contributed by atoms with Crippen LogP contribution in [0.3, 0.4) is 0 Å². The van der Waals surface area contributed by atoms with Gasteiger partial charge in [0.25, 0.3) is 0 Å². The van der Waals surface area contributed by atoms with Gasteiger partial charge in [-0.05, 0) is 37.5 Å². The van der Waals surface area contributed by atoms with Crippen LogP contribution in [0.5, 0.6) is 0 Å². The van der Waals surface area contributed by atoms with Crippen LogP contribution in [0, 0.1) is 13.8 Å². The molecule has 0 fully saturated rings. The SMILES string of the molecule is Cc1ccc2c(c1C)N(C)CCCC2=O. The maximum Gasteiger partial charge on any atom is 0.165 e. The summed E-state index contributed by atoms with van der Waals surface area (Å²) in [6.07, 6.45) is 1.64. The van der Waals surface area contributed by atoms with Gasteiger partial charge in [-0.25, -0.2) is 0 Å². The van der Waals surface area contributed by atoms with E-state index in [-0.39, 0.29) is 5.78 Å². The van der Waals surface area contributed by atoms with Crippen molar-refractivity contribution in [1.82, 2.24) is 0 Å². The van der Waals surface area contributed by atoms with Gasteiger partial charge in [0.1, 0.15) is 0 Å². The van der Waals surface area contributed by atoms with Crippen LogP contribution in [0.1, 0.15) is 34.3 Å². The number of aryl methyl sites for hydroxylation is 1. The molecule has 2 heteroatoms. The Balaban J connectivity index is 2.64. The molecule has 0 amide bonds. The molecule has 0 spiro atoms. The quantitative estimate of drug-likeness (QED) is 0.646. The highest BCUT2D eigenvalue weighted by atomic mass is 16.1. The minimum Gasteiger partial charge on any atom is -0.374 e. The number of anilines is 1. The van der Waals surface area contributed by atoms with Crippen molar-refractivity contribution < 1.29 is 4.79 Å². The fourth-order valence-corrected chi connectivity index (χ4v) is 2.24. The number of carbonyl (C=O) groups excluding carboxylic acids is 1. The van der Waals surface area contributed by atoms with E-state index in [9.17, 15) is 4.79 Å². The third kappa shape index (κ3) is 1.65. The summed E-state index contributed by atoms with van der Waals surface area (Å²) in [5, 5.41) is 0. The molecule has 1 aliphatic rings. The Labute approximate surface area is 90.9 Å². The summed E-state index contributed by atoms with van der Waals surface area (Å²) in [6, 6.07) is 4.02. The van der Waals surface area contributed by atoms with E-state index in [1.807, 2.05) is 12.1 Å². The monoisotopic (exact) mass is 203 g/mol. The number of fused-ring (bicyclic) bond motifs is 1. The summed E-state index contributed by atoms with van der Waals surface area (Å²) in [7, 11) is 2.07. The fraction of sp³-hybridized carbons (Fsp3) is 0.462. The van der Waals surface area contributed by atoms with Crippen molar-refractivity contribution >= 4 is 11.5 Å². The molecule has 0 saturated carbocycles. The summed E-state index contributed by atoms with van der Waals surface area (Å²) < 4.78 is 0. The molecule has 1 heterocycles. The van der Waals surface area contributed by atoms with Gasteiger partial charge >= 0.3 is 0 Å². The molecule has 0 unspecified atom stereocenters. The van der Waals surface area contributed by atoms with Crippen molar-refractivity contribution in [1.29, 1.82) is 0 Å². The predicted molar refractivity (Wildman–Crippen MR) is 62.8 cm³/mol. The Morgan fingerprint density at radius 2 is 2.00 bits per heavy atom. The van der Waals surface area contributed by atoms with Crippen molar-refractivity contribution in [3.63, 3.8) is 0 Å². The lowest BCUT2D eigenvalue weighted by atomic mass is 9.99. The Bertz CT molecular complexity index is 409. The van der Waals surface area contributed by atoms with Crippen molar-refractivity contribution in [2.45, 2.75) is 26.7 Å². The number of benzene rings is 1. The Kier molecular flexibility index (Phi) is 2.51. The van der Waals surface area contributed by atoms with Crippen LogP contribution in [0.2, 0.25) is 0 Å². The Hall–Kier alpha value is -1.31. The van der Waals surface area contributed by atoms with E-state index in [0.717, 1.165) is 24.2 Å². The summed E-state index contributed by atoms with van der Waals surface area (Å²) in [4.78, 5) is 14.1. The topological polar surface area (TPSA) is 20.3 Å². The minimum atomic E-state index is 0.289. The van der Waals surface area contributed by atoms with Gasteiger partial charge in [-0.15, -0.1) is 0 Å². The molecule has 15 heavy (non-hydrogen) atoms. The molecule has 80 valence electrons. The maximum absolute atomic E-state index is 11.9. The molecule has 2 rings (SSSR count). The summed E-state index contributed by atoms with van der Waals surface area (Å²) in [5.74, 6) is 0.289. The second-order valence-electron chi connectivity index (χ2n) is 4.35. The molecular weight excluding hydrogens is 186 g/mol. The number of hydrogen-bond donors (Lipinski definition) is 0. The minimum absolute atomic E-state index is 0.289. The van der Waals surface area contributed by atoms with Crippen LogP contribution in [0.25, 0.3) is 0 Å². The van der Waals surface area contributed by atoms with Crippen LogP contribution < -0.4 is 4.90 Å². The van der Waals surface area contributed by atoms with Crippen molar-refractivity contribution in [3.05, 3.63) is 28.8 Å². The second-order valence-corrected chi connectivity index (χ2v) is 4.35. The predicted octanol–water partition coefficient (Wildman–Crippen LogP) is 2.72. The molecule has 0 saturated heterocycles. The number of hydrogen-bond acceptors (Lipinski definition) is 2. The Morgan fingerprint density at radius 1 is 1.27 bits per heavy atom. The van der Waals surface area contributed by atoms with E-state index in [4.69, 9.17) is 0 Å². The van der Waals surface area contributed by atoms with E-state index >= 15 is 0 Å². The molecule has 2 nitrogen and oxygen atoms in total.